The Balaban J connectivity index is 2.13. The van der Waals surface area contributed by atoms with Crippen molar-refractivity contribution in [1.82, 2.24) is 9.88 Å². The van der Waals surface area contributed by atoms with Crippen LogP contribution in [0, 0.1) is 0 Å². The summed E-state index contributed by atoms with van der Waals surface area (Å²) in [5.74, 6) is 0. The molecule has 1 aromatic heterocycles. The molecule has 1 saturated heterocycles. The molecule has 0 unspecified atom stereocenters. The van der Waals surface area contributed by atoms with Gasteiger partial charge >= 0.3 is 0 Å². The summed E-state index contributed by atoms with van der Waals surface area (Å²) in [6, 6.07) is 5.35. The number of pyridine rings is 1. The average molecular weight is 205 g/mol. The lowest BCUT2D eigenvalue weighted by Gasteiger charge is -2.43. The van der Waals surface area contributed by atoms with Crippen LogP contribution < -0.4 is 4.90 Å². The molecule has 2 rings (SSSR count). The SMILES string of the molecule is C[C@@H]1CN(c2cccnc2)C[C@H](C)N1C. The Bertz CT molecular complexity index is 300. The molecule has 0 amide bonds. The minimum absolute atomic E-state index is 0.606. The maximum Gasteiger partial charge on any atom is 0.0553 e. The van der Waals surface area contributed by atoms with Crippen LogP contribution in [0.5, 0.6) is 0 Å². The Hall–Kier alpha value is -1.09. The lowest BCUT2D eigenvalue weighted by molar-refractivity contribution is 0.170. The monoisotopic (exact) mass is 205 g/mol. The van der Waals surface area contributed by atoms with Crippen molar-refractivity contribution in [3.63, 3.8) is 0 Å². The van der Waals surface area contributed by atoms with E-state index in [1.807, 2.05) is 18.5 Å². The van der Waals surface area contributed by atoms with Gasteiger partial charge in [-0.05, 0) is 33.0 Å². The maximum absolute atomic E-state index is 4.17. The molecule has 0 aliphatic carbocycles. The van der Waals surface area contributed by atoms with Gasteiger partial charge in [-0.15, -0.1) is 0 Å². The zero-order valence-electron chi connectivity index (χ0n) is 9.72. The molecule has 0 N–H and O–H groups in total. The second kappa shape index (κ2) is 4.19. The number of rotatable bonds is 1. The normalized spacial score (nSPS) is 28.1. The van der Waals surface area contributed by atoms with Crippen LogP contribution in [0.25, 0.3) is 0 Å². The van der Waals surface area contributed by atoms with Crippen LogP contribution in [-0.2, 0) is 0 Å². The van der Waals surface area contributed by atoms with Crippen molar-refractivity contribution in [3.05, 3.63) is 24.5 Å². The molecule has 0 radical (unpaired) electrons. The topological polar surface area (TPSA) is 19.4 Å². The molecule has 82 valence electrons. The van der Waals surface area contributed by atoms with Gasteiger partial charge in [0.25, 0.3) is 0 Å². The first-order chi connectivity index (χ1) is 7.18. The van der Waals surface area contributed by atoms with Crippen molar-refractivity contribution in [2.24, 2.45) is 0 Å². The van der Waals surface area contributed by atoms with Gasteiger partial charge in [-0.3, -0.25) is 9.88 Å². The van der Waals surface area contributed by atoms with Crippen molar-refractivity contribution < 1.29 is 0 Å². The fourth-order valence-electron chi connectivity index (χ4n) is 2.16. The van der Waals surface area contributed by atoms with E-state index in [1.54, 1.807) is 0 Å². The molecule has 1 aliphatic heterocycles. The molecular weight excluding hydrogens is 186 g/mol. The van der Waals surface area contributed by atoms with Gasteiger partial charge in [-0.25, -0.2) is 0 Å². The molecule has 2 heterocycles. The van der Waals surface area contributed by atoms with Gasteiger partial charge in [-0.1, -0.05) is 0 Å². The van der Waals surface area contributed by atoms with Crippen molar-refractivity contribution in [2.45, 2.75) is 25.9 Å². The number of piperazine rings is 1. The maximum atomic E-state index is 4.17. The molecule has 0 bridgehead atoms. The largest absolute Gasteiger partial charge is 0.367 e. The second-order valence-electron chi connectivity index (χ2n) is 4.48. The third kappa shape index (κ3) is 2.12. The number of likely N-dealkylation sites (N-methyl/N-ethyl adjacent to an activating group) is 1. The van der Waals surface area contributed by atoms with E-state index in [0.717, 1.165) is 13.1 Å². The summed E-state index contributed by atoms with van der Waals surface area (Å²) >= 11 is 0. The van der Waals surface area contributed by atoms with Crippen molar-refractivity contribution >= 4 is 5.69 Å². The van der Waals surface area contributed by atoms with Gasteiger partial charge in [0.2, 0.25) is 0 Å². The standard InChI is InChI=1S/C12H19N3/c1-10-8-15(9-11(2)14(10)3)12-5-4-6-13-7-12/h4-7,10-11H,8-9H2,1-3H3/t10-,11+. The molecule has 0 saturated carbocycles. The summed E-state index contributed by atoms with van der Waals surface area (Å²) in [6.45, 7) is 6.73. The van der Waals surface area contributed by atoms with Crippen LogP contribution in [0.3, 0.4) is 0 Å². The van der Waals surface area contributed by atoms with E-state index in [0.29, 0.717) is 12.1 Å². The smallest absolute Gasteiger partial charge is 0.0553 e. The summed E-state index contributed by atoms with van der Waals surface area (Å²) in [6.07, 6.45) is 3.77. The van der Waals surface area contributed by atoms with Gasteiger partial charge in [0.1, 0.15) is 0 Å². The first-order valence-electron chi connectivity index (χ1n) is 5.55. The summed E-state index contributed by atoms with van der Waals surface area (Å²) in [5, 5.41) is 0. The fourth-order valence-corrected chi connectivity index (χ4v) is 2.16. The highest BCUT2D eigenvalue weighted by molar-refractivity contribution is 5.44. The molecule has 1 fully saturated rings. The van der Waals surface area contributed by atoms with E-state index in [9.17, 15) is 0 Å². The quantitative estimate of drug-likeness (QED) is 0.694. The van der Waals surface area contributed by atoms with Crippen LogP contribution in [0.1, 0.15) is 13.8 Å². The summed E-state index contributed by atoms with van der Waals surface area (Å²) < 4.78 is 0. The Morgan fingerprint density at radius 3 is 2.47 bits per heavy atom. The van der Waals surface area contributed by atoms with Crippen LogP contribution >= 0.6 is 0 Å². The van der Waals surface area contributed by atoms with Gasteiger partial charge in [0.15, 0.2) is 0 Å². The van der Waals surface area contributed by atoms with E-state index < -0.39 is 0 Å². The molecule has 1 aliphatic rings. The second-order valence-corrected chi connectivity index (χ2v) is 4.48. The molecule has 0 spiro atoms. The number of anilines is 1. The molecule has 2 atom stereocenters. The average Bonchev–Trinajstić information content (AvgIpc) is 2.26. The molecular formula is C12H19N3. The third-order valence-electron chi connectivity index (χ3n) is 3.37. The van der Waals surface area contributed by atoms with E-state index in [2.05, 4.69) is 41.7 Å². The Labute approximate surface area is 91.7 Å². The summed E-state index contributed by atoms with van der Waals surface area (Å²) in [5.41, 5.74) is 1.24. The molecule has 15 heavy (non-hydrogen) atoms. The first-order valence-corrected chi connectivity index (χ1v) is 5.55. The van der Waals surface area contributed by atoms with E-state index in [-0.39, 0.29) is 0 Å². The predicted molar refractivity (Wildman–Crippen MR) is 63.1 cm³/mol. The minimum atomic E-state index is 0.606. The Kier molecular flexibility index (Phi) is 2.91. The van der Waals surface area contributed by atoms with Gasteiger partial charge in [0, 0.05) is 31.4 Å². The highest BCUT2D eigenvalue weighted by atomic mass is 15.3. The van der Waals surface area contributed by atoms with Gasteiger partial charge in [-0.2, -0.15) is 0 Å². The lowest BCUT2D eigenvalue weighted by atomic mass is 10.1. The lowest BCUT2D eigenvalue weighted by Crippen LogP contribution is -2.55. The first kappa shape index (κ1) is 10.4. The van der Waals surface area contributed by atoms with Crippen LogP contribution in [0.2, 0.25) is 0 Å². The van der Waals surface area contributed by atoms with Crippen LogP contribution in [0.4, 0.5) is 5.69 Å². The third-order valence-corrected chi connectivity index (χ3v) is 3.37. The molecule has 3 heteroatoms. The zero-order chi connectivity index (χ0) is 10.8. The minimum Gasteiger partial charge on any atom is -0.367 e. The molecule has 3 nitrogen and oxygen atoms in total. The predicted octanol–water partition coefficient (Wildman–Crippen LogP) is 1.61. The Morgan fingerprint density at radius 1 is 1.27 bits per heavy atom. The summed E-state index contributed by atoms with van der Waals surface area (Å²) in [7, 11) is 2.20. The van der Waals surface area contributed by atoms with Crippen molar-refractivity contribution in [3.8, 4) is 0 Å². The summed E-state index contributed by atoms with van der Waals surface area (Å²) in [4.78, 5) is 9.03. The zero-order valence-corrected chi connectivity index (χ0v) is 9.72. The number of aromatic nitrogens is 1. The van der Waals surface area contributed by atoms with Gasteiger partial charge in [0.05, 0.1) is 11.9 Å². The highest BCUT2D eigenvalue weighted by Crippen LogP contribution is 2.19. The number of hydrogen-bond donors (Lipinski definition) is 0. The number of hydrogen-bond acceptors (Lipinski definition) is 3. The van der Waals surface area contributed by atoms with Gasteiger partial charge < -0.3 is 4.90 Å². The van der Waals surface area contributed by atoms with E-state index in [1.165, 1.54) is 5.69 Å². The van der Waals surface area contributed by atoms with Crippen molar-refractivity contribution in [2.75, 3.05) is 25.0 Å². The van der Waals surface area contributed by atoms with E-state index >= 15 is 0 Å². The fraction of sp³-hybridized carbons (Fsp3) is 0.583. The number of nitrogens with zero attached hydrogens (tertiary/aromatic N) is 3. The van der Waals surface area contributed by atoms with Crippen LogP contribution in [0.15, 0.2) is 24.5 Å². The van der Waals surface area contributed by atoms with Crippen molar-refractivity contribution in [1.29, 1.82) is 0 Å². The van der Waals surface area contributed by atoms with Crippen LogP contribution in [-0.4, -0.2) is 42.1 Å². The molecule has 0 aromatic carbocycles. The Morgan fingerprint density at radius 2 is 1.93 bits per heavy atom. The van der Waals surface area contributed by atoms with E-state index in [4.69, 9.17) is 0 Å². The molecule has 1 aromatic rings. The highest BCUT2D eigenvalue weighted by Gasteiger charge is 2.26.